The fourth-order valence-electron chi connectivity index (χ4n) is 7.56. The van der Waals surface area contributed by atoms with E-state index < -0.39 is 42.6 Å². The zero-order valence-electron chi connectivity index (χ0n) is 32.9. The summed E-state index contributed by atoms with van der Waals surface area (Å²) in [5.41, 5.74) is 3.14. The molecule has 15 heteroatoms. The van der Waals surface area contributed by atoms with Gasteiger partial charge in [0.05, 0.1) is 6.66 Å². The molecule has 0 saturated carbocycles. The van der Waals surface area contributed by atoms with E-state index in [0.717, 1.165) is 43.9 Å². The zero-order chi connectivity index (χ0) is 41.6. The fourth-order valence-corrected chi connectivity index (χ4v) is 13.1. The van der Waals surface area contributed by atoms with Crippen LogP contribution in [0.3, 0.4) is 0 Å². The molecule has 61 heavy (non-hydrogen) atoms. The number of ether oxygens (including phenoxy) is 1. The molecule has 2 aliphatic heterocycles. The molecule has 2 N–H and O–H groups in total. The van der Waals surface area contributed by atoms with Gasteiger partial charge in [-0.1, -0.05) is 120 Å². The van der Waals surface area contributed by atoms with Crippen molar-refractivity contribution in [3.05, 3.63) is 179 Å². The van der Waals surface area contributed by atoms with E-state index in [1.54, 1.807) is 5.38 Å². The van der Waals surface area contributed by atoms with Crippen LogP contribution in [0, 0.1) is 0 Å². The van der Waals surface area contributed by atoms with Crippen LogP contribution >= 0.6 is 30.4 Å². The first-order valence-electron chi connectivity index (χ1n) is 19.0. The molecule has 1 unspecified atom stereocenters. The van der Waals surface area contributed by atoms with Crippen LogP contribution in [0.4, 0.5) is 5.13 Å². The van der Waals surface area contributed by atoms with Crippen LogP contribution in [0.1, 0.15) is 28.5 Å². The molecule has 2 aliphatic rings. The van der Waals surface area contributed by atoms with Gasteiger partial charge in [0.25, 0.3) is 11.8 Å². The molecule has 3 amide bonds. The first-order valence-corrected chi connectivity index (χ1v) is 23.1. The van der Waals surface area contributed by atoms with Crippen molar-refractivity contribution >= 4 is 86.9 Å². The predicted molar refractivity (Wildman–Crippen MR) is 239 cm³/mol. The van der Waals surface area contributed by atoms with Crippen LogP contribution in [0.15, 0.2) is 162 Å². The van der Waals surface area contributed by atoms with Crippen molar-refractivity contribution in [3.63, 3.8) is 0 Å². The lowest BCUT2D eigenvalue weighted by Gasteiger charge is -2.50. The molecule has 0 aliphatic carbocycles. The number of fused-ring (bicyclic) bond motifs is 1. The Hall–Kier alpha value is -6.11. The van der Waals surface area contributed by atoms with E-state index in [4.69, 9.17) is 9.57 Å². The Bertz CT molecular complexity index is 2520. The third-order valence-electron chi connectivity index (χ3n) is 10.5. The quantitative estimate of drug-likeness (QED) is 0.0426. The smallest absolute Gasteiger partial charge is 0.356 e. The number of nitrogens with zero attached hydrogens (tertiary/aromatic N) is 3. The Morgan fingerprint density at radius 3 is 1.98 bits per heavy atom. The number of benzene rings is 5. The van der Waals surface area contributed by atoms with Crippen LogP contribution in [0.25, 0.3) is 5.57 Å². The summed E-state index contributed by atoms with van der Waals surface area (Å²) >= 11 is 2.55. The molecule has 1 aromatic heterocycles. The minimum absolute atomic E-state index is 0. The van der Waals surface area contributed by atoms with Gasteiger partial charge in [0, 0.05) is 22.3 Å². The molecule has 308 valence electrons. The normalized spacial score (nSPS) is 16.1. The second-order valence-corrected chi connectivity index (χ2v) is 19.4. The number of aromatic nitrogens is 1. The molecule has 8 rings (SSSR count). The maximum absolute atomic E-state index is 15.1. The van der Waals surface area contributed by atoms with Crippen molar-refractivity contribution in [1.29, 1.82) is 0 Å². The number of thioether (sulfide) groups is 1. The molecule has 5 aromatic carbocycles. The van der Waals surface area contributed by atoms with Crippen molar-refractivity contribution in [1.82, 2.24) is 15.2 Å². The second kappa shape index (κ2) is 19.1. The number of nitrogens with one attached hydrogen (secondary N) is 2. The second-order valence-electron chi connectivity index (χ2n) is 13.9. The maximum Gasteiger partial charge on any atom is 0.356 e. The van der Waals surface area contributed by atoms with Crippen LogP contribution in [-0.2, 0) is 28.8 Å². The van der Waals surface area contributed by atoms with Crippen LogP contribution in [0.2, 0.25) is 0 Å². The molecular formula is C46H39ClN5O6PS2. The summed E-state index contributed by atoms with van der Waals surface area (Å²) in [5, 5.41) is 13.7. The molecule has 6 aromatic rings. The third-order valence-corrected chi connectivity index (χ3v) is 16.5. The Morgan fingerprint density at radius 1 is 0.852 bits per heavy atom. The average molecular weight is 888 g/mol. The van der Waals surface area contributed by atoms with E-state index in [0.29, 0.717) is 17.7 Å². The number of esters is 1. The monoisotopic (exact) mass is 887 g/mol. The lowest BCUT2D eigenvalue weighted by atomic mass is 9.98. The minimum Gasteiger partial charge on any atom is -1.00 e. The van der Waals surface area contributed by atoms with Crippen molar-refractivity contribution in [2.24, 2.45) is 5.16 Å². The topological polar surface area (TPSA) is 139 Å². The zero-order valence-corrected chi connectivity index (χ0v) is 36.2. The lowest BCUT2D eigenvalue weighted by Crippen LogP contribution is -3.00. The van der Waals surface area contributed by atoms with Crippen molar-refractivity contribution < 1.29 is 41.2 Å². The van der Waals surface area contributed by atoms with E-state index in [-0.39, 0.29) is 34.6 Å². The van der Waals surface area contributed by atoms with Gasteiger partial charge in [0.15, 0.2) is 16.9 Å². The van der Waals surface area contributed by atoms with Gasteiger partial charge >= 0.3 is 5.97 Å². The summed E-state index contributed by atoms with van der Waals surface area (Å²) < 4.78 is 6.52. The molecular weight excluding hydrogens is 849 g/mol. The molecule has 1 fully saturated rings. The largest absolute Gasteiger partial charge is 1.00 e. The van der Waals surface area contributed by atoms with Crippen molar-refractivity contribution in [3.8, 4) is 0 Å². The SMILES string of the molecule is CON=C(C(=O)NC1C(=O)N2C(C(=O)OC(c3ccccc3)c3ccccc3)=C(c3ccccc3[P+](C)(c3ccccc3)c3ccccc3)CS[C@H]12)c1csc(NC=O)n1.[Cl-]. The average Bonchev–Trinajstić information content (AvgIpc) is 3.77. The van der Waals surface area contributed by atoms with E-state index in [1.807, 2.05) is 115 Å². The Labute approximate surface area is 368 Å². The number of rotatable bonds is 14. The first-order chi connectivity index (χ1) is 29.3. The van der Waals surface area contributed by atoms with E-state index in [9.17, 15) is 14.4 Å². The van der Waals surface area contributed by atoms with E-state index >= 15 is 4.79 Å². The van der Waals surface area contributed by atoms with Gasteiger partial charge in [-0.3, -0.25) is 19.3 Å². The third kappa shape index (κ3) is 8.47. The highest BCUT2D eigenvalue weighted by Gasteiger charge is 2.56. The van der Waals surface area contributed by atoms with E-state index in [2.05, 4.69) is 57.8 Å². The van der Waals surface area contributed by atoms with Crippen LogP contribution in [0.5, 0.6) is 0 Å². The number of hydrogen-bond acceptors (Lipinski definition) is 10. The number of β-lactam (4-membered cyclic amide) rings is 1. The van der Waals surface area contributed by atoms with E-state index in [1.165, 1.54) is 23.8 Å². The number of hydrogen-bond donors (Lipinski definition) is 2. The van der Waals surface area contributed by atoms with Crippen molar-refractivity contribution in [2.45, 2.75) is 17.5 Å². The molecule has 11 nitrogen and oxygen atoms in total. The standard InChI is InChI=1S/C46H38N5O6PS2.ClH/c1-56-50-38(36-28-60-46(48-36)47-29-52)42(53)49-39-43(54)51-40(45(55)57-41(30-17-7-3-8-18-30)31-19-9-4-10-20-31)35(27-59-44(39)51)34-25-15-16-26-37(34)58(2,32-21-11-5-12-22-32)33-23-13-6-14-24-33;/h3-26,28-29,39,41,44H,27H2,1-2H3,(H-,47,48,49,52,53);1H/t39?,44-;/m1./s1. The summed E-state index contributed by atoms with van der Waals surface area (Å²) in [4.78, 5) is 65.1. The van der Waals surface area contributed by atoms with Gasteiger partial charge in [0.2, 0.25) is 6.41 Å². The molecule has 3 heterocycles. The van der Waals surface area contributed by atoms with Crippen LogP contribution < -0.4 is 39.0 Å². The number of carbonyl (C=O) groups is 4. The highest BCUT2D eigenvalue weighted by atomic mass is 35.5. The van der Waals surface area contributed by atoms with Gasteiger partial charge < -0.3 is 32.6 Å². The lowest BCUT2D eigenvalue weighted by molar-refractivity contribution is -0.154. The molecule has 0 spiro atoms. The van der Waals surface area contributed by atoms with Gasteiger partial charge in [-0.25, -0.2) is 9.78 Å². The number of anilines is 1. The maximum atomic E-state index is 15.1. The Kier molecular flexibility index (Phi) is 13.4. The summed E-state index contributed by atoms with van der Waals surface area (Å²) in [6, 6.07) is 46.9. The number of thiazole rings is 1. The highest BCUT2D eigenvalue weighted by molar-refractivity contribution is 8.00. The molecule has 0 bridgehead atoms. The predicted octanol–water partition coefficient (Wildman–Crippen LogP) is 3.13. The first kappa shape index (κ1) is 43.0. The van der Waals surface area contributed by atoms with Gasteiger partial charge in [0.1, 0.15) is 53.1 Å². The number of oxime groups is 1. The number of amides is 3. The summed E-state index contributed by atoms with van der Waals surface area (Å²) in [6.07, 6.45) is -0.298. The van der Waals surface area contributed by atoms with Gasteiger partial charge in [-0.05, 0) is 41.5 Å². The van der Waals surface area contributed by atoms with Gasteiger partial charge in [-0.15, -0.1) is 23.1 Å². The number of halogens is 1. The Balaban J connectivity index is 0.00000561. The van der Waals surface area contributed by atoms with Crippen LogP contribution in [-0.4, -0.2) is 70.7 Å². The molecule has 2 atom stereocenters. The summed E-state index contributed by atoms with van der Waals surface area (Å²) in [5.74, 6) is -1.53. The number of carbonyl (C=O) groups excluding carboxylic acids is 4. The molecule has 1 saturated heterocycles. The molecule has 0 radical (unpaired) electrons. The summed E-state index contributed by atoms with van der Waals surface area (Å²) in [6.45, 7) is 2.29. The fraction of sp³-hybridized carbons (Fsp3) is 0.130. The highest BCUT2D eigenvalue weighted by Crippen LogP contribution is 2.54. The Morgan fingerprint density at radius 2 is 1.41 bits per heavy atom. The van der Waals surface area contributed by atoms with Gasteiger partial charge in [-0.2, -0.15) is 0 Å². The van der Waals surface area contributed by atoms with Crippen molar-refractivity contribution in [2.75, 3.05) is 24.8 Å². The minimum atomic E-state index is -2.33. The summed E-state index contributed by atoms with van der Waals surface area (Å²) in [7, 11) is -1.04.